The number of rotatable bonds is 5. The van der Waals surface area contributed by atoms with Crippen molar-refractivity contribution in [3.05, 3.63) is 29.2 Å². The van der Waals surface area contributed by atoms with Crippen LogP contribution in [0, 0.1) is 5.41 Å². The third-order valence-corrected chi connectivity index (χ3v) is 3.95. The summed E-state index contributed by atoms with van der Waals surface area (Å²) >= 11 is 5.99. The molecule has 2 aromatic heterocycles. The van der Waals surface area contributed by atoms with E-state index in [4.69, 9.17) is 21.2 Å². The van der Waals surface area contributed by atoms with Gasteiger partial charge in [-0.25, -0.2) is 0 Å². The van der Waals surface area contributed by atoms with Crippen LogP contribution in [-0.4, -0.2) is 33.7 Å². The number of carbonyl (C=O) groups excluding carboxylic acids is 2. The van der Waals surface area contributed by atoms with Gasteiger partial charge in [0, 0.05) is 31.4 Å². The van der Waals surface area contributed by atoms with Crippen molar-refractivity contribution in [3.8, 4) is 17.0 Å². The van der Waals surface area contributed by atoms with E-state index in [9.17, 15) is 22.0 Å². The molecule has 0 atom stereocenters. The minimum absolute atomic E-state index is 0.0278. The number of aryl methyl sites for hydroxylation is 1. The maximum absolute atomic E-state index is 13.0. The first-order chi connectivity index (χ1) is 12.8. The molecule has 0 spiro atoms. The van der Waals surface area contributed by atoms with E-state index in [1.54, 1.807) is 0 Å². The molecule has 0 fully saturated rings. The topological polar surface area (TPSA) is 74.1 Å². The van der Waals surface area contributed by atoms with Crippen molar-refractivity contribution >= 4 is 17.8 Å². The molecule has 28 heavy (non-hydrogen) atoms. The molecule has 0 aromatic carbocycles. The first-order valence-corrected chi connectivity index (χ1v) is 7.89. The van der Waals surface area contributed by atoms with Gasteiger partial charge in [-0.15, -0.1) is 0 Å². The number of nitrogens with zero attached hydrogens (tertiary/aromatic N) is 3. The van der Waals surface area contributed by atoms with Crippen LogP contribution in [0.3, 0.4) is 0 Å². The quantitative estimate of drug-likeness (QED) is 0.666. The van der Waals surface area contributed by atoms with E-state index in [0.717, 1.165) is 26.1 Å². The lowest BCUT2D eigenvalue weighted by Crippen LogP contribution is -2.34. The van der Waals surface area contributed by atoms with Gasteiger partial charge in [0.05, 0.1) is 27.9 Å². The van der Waals surface area contributed by atoms with E-state index in [1.807, 2.05) is 0 Å². The monoisotopic (exact) mass is 427 g/mol. The van der Waals surface area contributed by atoms with Gasteiger partial charge in [0.15, 0.2) is 0 Å². The van der Waals surface area contributed by atoms with Crippen molar-refractivity contribution in [1.29, 1.82) is 0 Å². The second-order valence-electron chi connectivity index (χ2n) is 6.16. The highest BCUT2D eigenvalue weighted by Gasteiger charge is 2.47. The molecule has 0 saturated heterocycles. The van der Waals surface area contributed by atoms with Crippen molar-refractivity contribution in [2.24, 2.45) is 12.5 Å². The summed E-state index contributed by atoms with van der Waals surface area (Å²) in [5, 5.41) is 4.07. The average Bonchev–Trinajstić information content (AvgIpc) is 2.86. The molecule has 2 rings (SSSR count). The summed E-state index contributed by atoms with van der Waals surface area (Å²) in [6.45, 7) is -1.14. The molecule has 0 unspecified atom stereocenters. The molecule has 0 amide bonds. The Hall–Kier alpha value is -2.52. The minimum atomic E-state index is -4.47. The molecule has 12 heteroatoms. The predicted molar refractivity (Wildman–Crippen MR) is 86.6 cm³/mol. The molecule has 2 heterocycles. The van der Waals surface area contributed by atoms with Crippen LogP contribution in [0.1, 0.15) is 19.5 Å². The van der Waals surface area contributed by atoms with Crippen LogP contribution in [0.25, 0.3) is 11.3 Å². The first-order valence-electron chi connectivity index (χ1n) is 7.51. The Morgan fingerprint density at radius 3 is 2.25 bits per heavy atom. The van der Waals surface area contributed by atoms with Gasteiger partial charge in [-0.05, 0) is 0 Å². The number of hydrogen-bond donors (Lipinski definition) is 0. The smallest absolute Gasteiger partial charge is 0.394 e. The number of alkyl halides is 5. The lowest BCUT2D eigenvalue weighted by Gasteiger charge is -2.27. The van der Waals surface area contributed by atoms with E-state index in [1.165, 1.54) is 17.9 Å². The summed E-state index contributed by atoms with van der Waals surface area (Å²) in [6, 6.07) is 1.07. The number of pyridine rings is 1. The number of ether oxygens (including phenoxy) is 1. The van der Waals surface area contributed by atoms with Crippen LogP contribution in [0.5, 0.6) is 5.75 Å². The van der Waals surface area contributed by atoms with Gasteiger partial charge in [-0.2, -0.15) is 36.6 Å². The van der Waals surface area contributed by atoms with Gasteiger partial charge < -0.3 is 4.74 Å². The number of halogens is 6. The maximum Gasteiger partial charge on any atom is 0.394 e. The van der Waals surface area contributed by atoms with Gasteiger partial charge >= 0.3 is 18.9 Å². The highest BCUT2D eigenvalue weighted by molar-refractivity contribution is 6.33. The molecule has 0 bridgehead atoms. The molecule has 2 aromatic rings. The van der Waals surface area contributed by atoms with Crippen LogP contribution in [0.2, 0.25) is 5.02 Å². The van der Waals surface area contributed by atoms with E-state index >= 15 is 0 Å². The Morgan fingerprint density at radius 1 is 1.25 bits per heavy atom. The molecular weight excluding hydrogens is 413 g/mol. The van der Waals surface area contributed by atoms with Crippen LogP contribution in [0.15, 0.2) is 18.5 Å². The summed E-state index contributed by atoms with van der Waals surface area (Å²) in [6.07, 6.45) is -2.25. The Labute approximate surface area is 161 Å². The lowest BCUT2D eigenvalue weighted by atomic mass is 9.86. The molecule has 0 radical (unpaired) electrons. The molecule has 0 aliphatic carbocycles. The molecule has 0 saturated carbocycles. The maximum atomic E-state index is 13.0. The normalized spacial score (nSPS) is 11.6. The molecule has 0 aliphatic heterocycles. The van der Waals surface area contributed by atoms with E-state index in [-0.39, 0.29) is 33.9 Å². The van der Waals surface area contributed by atoms with Crippen molar-refractivity contribution in [1.82, 2.24) is 14.8 Å². The molecule has 0 aliphatic rings. The van der Waals surface area contributed by atoms with Gasteiger partial charge in [0.25, 0.3) is 0 Å². The van der Waals surface area contributed by atoms with Crippen molar-refractivity contribution in [3.63, 3.8) is 0 Å². The highest BCUT2D eigenvalue weighted by Crippen LogP contribution is 2.41. The third kappa shape index (κ3) is 5.74. The lowest BCUT2D eigenvalue weighted by molar-refractivity contribution is -0.211. The summed E-state index contributed by atoms with van der Waals surface area (Å²) in [4.78, 5) is 20.2. The zero-order valence-corrected chi connectivity index (χ0v) is 15.6. The number of aromatic nitrogens is 3. The second-order valence-corrected chi connectivity index (χ2v) is 6.56. The molecule has 0 N–H and O–H groups in total. The SMILES string of the molecule is Cn1ncc(Cl)c1-c1cnc(CC(C)(C)C(F)(F)F)cc1OC(F)F.O=C=O. The van der Waals surface area contributed by atoms with Crippen LogP contribution >= 0.6 is 11.6 Å². The highest BCUT2D eigenvalue weighted by atomic mass is 35.5. The first kappa shape index (κ1) is 23.5. The molecule has 6 nitrogen and oxygen atoms in total. The zero-order chi connectivity index (χ0) is 21.7. The van der Waals surface area contributed by atoms with Crippen molar-refractivity contribution in [2.45, 2.75) is 33.1 Å². The van der Waals surface area contributed by atoms with Crippen molar-refractivity contribution < 1.29 is 36.3 Å². The fourth-order valence-electron chi connectivity index (χ4n) is 2.21. The van der Waals surface area contributed by atoms with Gasteiger partial charge in [-0.3, -0.25) is 9.67 Å². The Balaban J connectivity index is 0.00000122. The molecule has 154 valence electrons. The Morgan fingerprint density at radius 2 is 1.82 bits per heavy atom. The van der Waals surface area contributed by atoms with Gasteiger partial charge in [-0.1, -0.05) is 25.4 Å². The number of hydrogen-bond acceptors (Lipinski definition) is 5. The molecular formula is C16H15ClF5N3O3. The average molecular weight is 428 g/mol. The summed E-state index contributed by atoms with van der Waals surface area (Å²) in [7, 11) is 1.54. The van der Waals surface area contributed by atoms with Gasteiger partial charge in [0.1, 0.15) is 5.75 Å². The predicted octanol–water partition coefficient (Wildman–Crippen LogP) is 4.28. The summed E-state index contributed by atoms with van der Waals surface area (Å²) in [5.74, 6) is -0.316. The second kappa shape index (κ2) is 9.11. The standard InChI is InChI=1S/C15H15ClF5N3O.CO2/c1-14(2,15(19,20)21)5-8-4-11(25-13(17)18)9(6-22-8)12-10(16)7-23-24(12)3;2-1-3/h4,6-7,13H,5H2,1-3H3;. The van der Waals surface area contributed by atoms with E-state index in [0.29, 0.717) is 0 Å². The van der Waals surface area contributed by atoms with Crippen LogP contribution in [-0.2, 0) is 23.1 Å². The van der Waals surface area contributed by atoms with E-state index < -0.39 is 24.6 Å². The summed E-state index contributed by atoms with van der Waals surface area (Å²) < 4.78 is 70.3. The van der Waals surface area contributed by atoms with Gasteiger partial charge in [0.2, 0.25) is 0 Å². The zero-order valence-electron chi connectivity index (χ0n) is 14.9. The van der Waals surface area contributed by atoms with E-state index in [2.05, 4.69) is 14.8 Å². The Kier molecular flexibility index (Phi) is 7.66. The third-order valence-electron chi connectivity index (χ3n) is 3.68. The van der Waals surface area contributed by atoms with Crippen LogP contribution < -0.4 is 4.74 Å². The minimum Gasteiger partial charge on any atom is -0.434 e. The van der Waals surface area contributed by atoms with Crippen LogP contribution in [0.4, 0.5) is 22.0 Å². The fourth-order valence-corrected chi connectivity index (χ4v) is 2.48. The van der Waals surface area contributed by atoms with Crippen molar-refractivity contribution in [2.75, 3.05) is 0 Å². The largest absolute Gasteiger partial charge is 0.434 e. The fraction of sp³-hybridized carbons (Fsp3) is 0.438. The summed E-state index contributed by atoms with van der Waals surface area (Å²) in [5.41, 5.74) is -1.72. The Bertz CT molecular complexity index is 827.